The number of hydrogen-bond donors (Lipinski definition) is 0. The summed E-state index contributed by atoms with van der Waals surface area (Å²) in [6, 6.07) is 19.4. The summed E-state index contributed by atoms with van der Waals surface area (Å²) in [5, 5.41) is 3.73. The Morgan fingerprint density at radius 2 is 1.50 bits per heavy atom. The maximum atomic E-state index is 2.30. The fourth-order valence-electron chi connectivity index (χ4n) is 1.65. The van der Waals surface area contributed by atoms with Crippen LogP contribution in [-0.4, -0.2) is 15.0 Å². The molecule has 1 aromatic heterocycles. The molecule has 2 heteroatoms. The van der Waals surface area contributed by atoms with Gasteiger partial charge in [-0.05, 0) is 0 Å². The Morgan fingerprint density at radius 1 is 0.833 bits per heavy atom. The predicted molar refractivity (Wildman–Crippen MR) is 84.6 cm³/mol. The van der Waals surface area contributed by atoms with Crippen molar-refractivity contribution in [2.24, 2.45) is 0 Å². The third kappa shape index (κ3) is 3.02. The summed E-state index contributed by atoms with van der Waals surface area (Å²) in [7, 11) is 0. The van der Waals surface area contributed by atoms with E-state index < -0.39 is 0 Å². The van der Waals surface area contributed by atoms with E-state index in [4.69, 9.17) is 0 Å². The van der Waals surface area contributed by atoms with Crippen molar-refractivity contribution in [3.8, 4) is 0 Å². The third-order valence-corrected chi connectivity index (χ3v) is 5.95. The Labute approximate surface area is 119 Å². The monoisotopic (exact) mass is 320 g/mol. The summed E-state index contributed by atoms with van der Waals surface area (Å²) in [4.78, 5) is 0. The molecule has 0 N–H and O–H groups in total. The molecule has 0 aliphatic carbocycles. The van der Waals surface area contributed by atoms with E-state index >= 15 is 0 Å². The second-order valence-electron chi connectivity index (χ2n) is 3.51. The summed E-state index contributed by atoms with van der Waals surface area (Å²) >= 11 is 2.28. The van der Waals surface area contributed by atoms with Crippen LogP contribution in [0.5, 0.6) is 0 Å². The second kappa shape index (κ2) is 6.75. The van der Waals surface area contributed by atoms with Gasteiger partial charge in [-0.25, -0.2) is 0 Å². The van der Waals surface area contributed by atoms with Crippen LogP contribution in [0.3, 0.4) is 0 Å². The average Bonchev–Trinajstić information content (AvgIpc) is 2.86. The van der Waals surface area contributed by atoms with E-state index in [9.17, 15) is 0 Å². The number of fused-ring (bicyclic) bond motifs is 1. The third-order valence-electron chi connectivity index (χ3n) is 2.42. The van der Waals surface area contributed by atoms with Gasteiger partial charge in [0.2, 0.25) is 0 Å². The van der Waals surface area contributed by atoms with Crippen molar-refractivity contribution in [1.29, 1.82) is 0 Å². The van der Waals surface area contributed by atoms with E-state index in [0.29, 0.717) is 15.0 Å². The fourth-order valence-corrected chi connectivity index (χ4v) is 5.02. The molecule has 0 amide bonds. The molecule has 0 saturated carbocycles. The van der Waals surface area contributed by atoms with Gasteiger partial charge >= 0.3 is 105 Å². The minimum absolute atomic E-state index is 0.431. The molecule has 0 fully saturated rings. The van der Waals surface area contributed by atoms with Crippen LogP contribution in [0.4, 0.5) is 0 Å². The van der Waals surface area contributed by atoms with Crippen LogP contribution in [0.1, 0.15) is 13.8 Å². The van der Waals surface area contributed by atoms with Gasteiger partial charge in [0, 0.05) is 0 Å². The van der Waals surface area contributed by atoms with E-state index in [0.717, 1.165) is 0 Å². The van der Waals surface area contributed by atoms with Gasteiger partial charge in [0.15, 0.2) is 0 Å². The molecule has 0 aliphatic heterocycles. The van der Waals surface area contributed by atoms with Gasteiger partial charge in [-0.3, -0.25) is 0 Å². The van der Waals surface area contributed by atoms with Gasteiger partial charge in [0.1, 0.15) is 0 Å². The van der Waals surface area contributed by atoms with E-state index in [1.165, 1.54) is 19.0 Å². The average molecular weight is 319 g/mol. The van der Waals surface area contributed by atoms with E-state index in [-0.39, 0.29) is 0 Å². The van der Waals surface area contributed by atoms with Crippen LogP contribution in [0.2, 0.25) is 0 Å². The molecule has 0 bridgehead atoms. The van der Waals surface area contributed by atoms with E-state index in [2.05, 4.69) is 60.0 Å². The van der Waals surface area contributed by atoms with Crippen molar-refractivity contribution in [2.45, 2.75) is 13.8 Å². The Balaban J connectivity index is 0.000000574. The van der Waals surface area contributed by atoms with Crippen molar-refractivity contribution in [1.82, 2.24) is 0 Å². The SMILES string of the molecule is CC.c1ccc([Se]c2csc3ccccc23)cc1. The Kier molecular flexibility index (Phi) is 5.00. The molecule has 0 radical (unpaired) electrons. The predicted octanol–water partition coefficient (Wildman–Crippen LogP) is 3.58. The molecule has 0 unspecified atom stereocenters. The molecule has 3 rings (SSSR count). The van der Waals surface area contributed by atoms with Crippen molar-refractivity contribution in [2.75, 3.05) is 0 Å². The molecule has 0 atom stereocenters. The minimum atomic E-state index is 0.431. The van der Waals surface area contributed by atoms with Crippen molar-refractivity contribution in [3.05, 3.63) is 60.0 Å². The molecule has 1 heterocycles. The molecular weight excluding hydrogens is 303 g/mol. The summed E-state index contributed by atoms with van der Waals surface area (Å²) in [6.07, 6.45) is 0. The maximum absolute atomic E-state index is 2.30. The van der Waals surface area contributed by atoms with Crippen LogP contribution in [0, 0.1) is 0 Å². The van der Waals surface area contributed by atoms with Crippen LogP contribution >= 0.6 is 11.3 Å². The van der Waals surface area contributed by atoms with E-state index in [1.807, 2.05) is 25.2 Å². The summed E-state index contributed by atoms with van der Waals surface area (Å²) in [5.74, 6) is 0. The summed E-state index contributed by atoms with van der Waals surface area (Å²) in [6.45, 7) is 4.00. The summed E-state index contributed by atoms with van der Waals surface area (Å²) in [5.41, 5.74) is 0. The molecule has 18 heavy (non-hydrogen) atoms. The van der Waals surface area contributed by atoms with Crippen molar-refractivity contribution >= 4 is 45.3 Å². The first kappa shape index (κ1) is 13.4. The second-order valence-corrected chi connectivity index (χ2v) is 6.76. The van der Waals surface area contributed by atoms with Crippen LogP contribution in [0.25, 0.3) is 10.1 Å². The number of hydrogen-bond acceptors (Lipinski definition) is 1. The summed E-state index contributed by atoms with van der Waals surface area (Å²) < 4.78 is 4.34. The fraction of sp³-hybridized carbons (Fsp3) is 0.125. The molecule has 0 saturated heterocycles. The van der Waals surface area contributed by atoms with Crippen molar-refractivity contribution < 1.29 is 0 Å². The molecule has 92 valence electrons. The molecular formula is C16H16SSe. The zero-order valence-electron chi connectivity index (χ0n) is 10.6. The van der Waals surface area contributed by atoms with Crippen LogP contribution in [0.15, 0.2) is 60.0 Å². The molecule has 2 aromatic carbocycles. The Hall–Kier alpha value is -1.08. The number of thiophene rings is 1. The zero-order valence-corrected chi connectivity index (χ0v) is 13.1. The first-order valence-electron chi connectivity index (χ1n) is 6.12. The normalized spacial score (nSPS) is 9.89. The first-order chi connectivity index (χ1) is 8.93. The van der Waals surface area contributed by atoms with Gasteiger partial charge in [0.25, 0.3) is 0 Å². The van der Waals surface area contributed by atoms with Crippen LogP contribution < -0.4 is 8.92 Å². The van der Waals surface area contributed by atoms with Gasteiger partial charge < -0.3 is 0 Å². The van der Waals surface area contributed by atoms with Gasteiger partial charge in [0.05, 0.1) is 0 Å². The van der Waals surface area contributed by atoms with Gasteiger partial charge in [-0.1, -0.05) is 13.8 Å². The van der Waals surface area contributed by atoms with Gasteiger partial charge in [-0.15, -0.1) is 0 Å². The van der Waals surface area contributed by atoms with Crippen molar-refractivity contribution in [3.63, 3.8) is 0 Å². The van der Waals surface area contributed by atoms with Gasteiger partial charge in [-0.2, -0.15) is 0 Å². The number of benzene rings is 2. The molecule has 0 nitrogen and oxygen atoms in total. The van der Waals surface area contributed by atoms with Crippen LogP contribution in [-0.2, 0) is 0 Å². The molecule has 0 aliphatic rings. The Morgan fingerprint density at radius 3 is 2.28 bits per heavy atom. The number of rotatable bonds is 2. The first-order valence-corrected chi connectivity index (χ1v) is 8.72. The standard InChI is InChI=1S/C14H10SSe.C2H6/c1-2-6-11(7-3-1)16-14-10-15-13-9-5-4-8-12(13)14;1-2/h1-10H;1-2H3. The topological polar surface area (TPSA) is 0 Å². The zero-order chi connectivity index (χ0) is 12.8. The van der Waals surface area contributed by atoms with E-state index in [1.54, 1.807) is 0 Å². The Bertz CT molecular complexity index is 599. The molecule has 3 aromatic rings. The molecule has 0 spiro atoms. The quantitative estimate of drug-likeness (QED) is 0.633.